The summed E-state index contributed by atoms with van der Waals surface area (Å²) >= 11 is 0. The summed E-state index contributed by atoms with van der Waals surface area (Å²) in [6.07, 6.45) is -0.635. The van der Waals surface area contributed by atoms with E-state index in [-0.39, 0.29) is 17.8 Å². The van der Waals surface area contributed by atoms with Crippen LogP contribution in [0, 0.1) is 5.82 Å². The molecule has 214 valence electrons. The van der Waals surface area contributed by atoms with Gasteiger partial charge in [0.05, 0.1) is 11.1 Å². The molecule has 5 rings (SSSR count). The fourth-order valence-electron chi connectivity index (χ4n) is 5.81. The summed E-state index contributed by atoms with van der Waals surface area (Å²) in [5, 5.41) is 0. The summed E-state index contributed by atoms with van der Waals surface area (Å²) in [4.78, 5) is 31.1. The second-order valence-corrected chi connectivity index (χ2v) is 10.7. The first-order chi connectivity index (χ1) is 19.2. The monoisotopic (exact) mass is 558 g/mol. The smallest absolute Gasteiger partial charge is 0.301 e. The van der Waals surface area contributed by atoms with Crippen molar-refractivity contribution in [3.63, 3.8) is 0 Å². The SMILES string of the molecule is O=c1c(-c2ccccc2F)c2n(c(=O)n1CCCCN1CCN(Cc3cccc(C(F)(F)F)c3)CC1)CCCC2. The molecule has 3 aromatic rings. The van der Waals surface area contributed by atoms with Crippen LogP contribution < -0.4 is 11.2 Å². The highest BCUT2D eigenvalue weighted by Crippen LogP contribution is 2.30. The number of fused-ring (bicyclic) bond motifs is 1. The topological polar surface area (TPSA) is 50.5 Å². The van der Waals surface area contributed by atoms with Crippen LogP contribution >= 0.6 is 0 Å². The molecule has 10 heteroatoms. The van der Waals surface area contributed by atoms with Crippen molar-refractivity contribution in [1.82, 2.24) is 18.9 Å². The molecule has 2 aromatic carbocycles. The minimum atomic E-state index is -4.34. The standard InChI is InChI=1S/C30H34F4N4O2/c31-25-11-2-1-10-24(25)27-26-12-3-4-14-37(26)29(40)38(28(27)39)15-6-5-13-35-16-18-36(19-17-35)21-22-8-7-9-23(20-22)30(32,33)34/h1-2,7-11,20H,3-6,12-19,21H2. The lowest BCUT2D eigenvalue weighted by Gasteiger charge is -2.34. The first-order valence-electron chi connectivity index (χ1n) is 13.9. The number of aromatic nitrogens is 2. The minimum Gasteiger partial charge on any atom is -0.301 e. The number of benzene rings is 2. The molecule has 2 aliphatic heterocycles. The Morgan fingerprint density at radius 1 is 0.800 bits per heavy atom. The van der Waals surface area contributed by atoms with Crippen molar-refractivity contribution >= 4 is 0 Å². The van der Waals surface area contributed by atoms with Crippen LogP contribution in [0.25, 0.3) is 11.1 Å². The molecule has 0 radical (unpaired) electrons. The van der Waals surface area contributed by atoms with E-state index in [0.717, 1.165) is 58.1 Å². The molecule has 2 aliphatic rings. The number of halogens is 4. The number of hydrogen-bond acceptors (Lipinski definition) is 4. The fraction of sp³-hybridized carbons (Fsp3) is 0.467. The highest BCUT2D eigenvalue weighted by atomic mass is 19.4. The third-order valence-electron chi connectivity index (χ3n) is 7.96. The van der Waals surface area contributed by atoms with Crippen molar-refractivity contribution in [3.8, 4) is 11.1 Å². The van der Waals surface area contributed by atoms with Crippen molar-refractivity contribution in [2.24, 2.45) is 0 Å². The lowest BCUT2D eigenvalue weighted by molar-refractivity contribution is -0.137. The Morgan fingerprint density at radius 3 is 2.27 bits per heavy atom. The van der Waals surface area contributed by atoms with Crippen molar-refractivity contribution in [2.45, 2.75) is 57.9 Å². The van der Waals surface area contributed by atoms with E-state index < -0.39 is 23.1 Å². The molecule has 0 N–H and O–H groups in total. The van der Waals surface area contributed by atoms with E-state index in [1.165, 1.54) is 22.8 Å². The second-order valence-electron chi connectivity index (χ2n) is 10.7. The van der Waals surface area contributed by atoms with Crippen molar-refractivity contribution in [3.05, 3.63) is 92.0 Å². The van der Waals surface area contributed by atoms with E-state index in [4.69, 9.17) is 0 Å². The highest BCUT2D eigenvalue weighted by Gasteiger charge is 2.30. The Kier molecular flexibility index (Phi) is 8.56. The van der Waals surface area contributed by atoms with E-state index in [9.17, 15) is 27.2 Å². The number of hydrogen-bond donors (Lipinski definition) is 0. The van der Waals surface area contributed by atoms with Gasteiger partial charge in [0.15, 0.2) is 0 Å². The normalized spacial score (nSPS) is 16.7. The van der Waals surface area contributed by atoms with E-state index in [1.807, 2.05) is 0 Å². The van der Waals surface area contributed by atoms with Gasteiger partial charge in [-0.05, 0) is 56.3 Å². The molecule has 0 unspecified atom stereocenters. The molecule has 1 aromatic heterocycles. The molecule has 0 saturated carbocycles. The Hall–Kier alpha value is -3.24. The third kappa shape index (κ3) is 6.23. The molecule has 0 spiro atoms. The van der Waals surface area contributed by atoms with Crippen LogP contribution in [-0.2, 0) is 32.2 Å². The Balaban J connectivity index is 1.18. The number of piperazine rings is 1. The zero-order valence-electron chi connectivity index (χ0n) is 22.4. The van der Waals surface area contributed by atoms with Gasteiger partial charge in [0.25, 0.3) is 5.56 Å². The molecule has 1 saturated heterocycles. The number of alkyl halides is 3. The molecule has 0 bridgehead atoms. The van der Waals surface area contributed by atoms with Crippen LogP contribution in [0.3, 0.4) is 0 Å². The molecule has 40 heavy (non-hydrogen) atoms. The molecule has 3 heterocycles. The average molecular weight is 559 g/mol. The summed E-state index contributed by atoms with van der Waals surface area (Å²) < 4.78 is 56.7. The summed E-state index contributed by atoms with van der Waals surface area (Å²) in [6.45, 7) is 5.21. The number of nitrogens with zero attached hydrogens (tertiary/aromatic N) is 4. The third-order valence-corrected chi connectivity index (χ3v) is 7.96. The van der Waals surface area contributed by atoms with Gasteiger partial charge in [-0.1, -0.05) is 36.4 Å². The van der Waals surface area contributed by atoms with Crippen LogP contribution in [0.1, 0.15) is 42.5 Å². The van der Waals surface area contributed by atoms with E-state index in [2.05, 4.69) is 9.80 Å². The Bertz CT molecular complexity index is 1460. The van der Waals surface area contributed by atoms with Gasteiger partial charge in [0.1, 0.15) is 5.82 Å². The number of rotatable bonds is 8. The van der Waals surface area contributed by atoms with E-state index >= 15 is 0 Å². The predicted octanol–water partition coefficient (Wildman–Crippen LogP) is 4.77. The molecule has 6 nitrogen and oxygen atoms in total. The molecular weight excluding hydrogens is 524 g/mol. The molecule has 1 fully saturated rings. The maximum atomic E-state index is 14.7. The number of unbranched alkanes of at least 4 members (excludes halogenated alkanes) is 1. The second kappa shape index (κ2) is 12.1. The zero-order chi connectivity index (χ0) is 28.3. The van der Waals surface area contributed by atoms with Gasteiger partial charge < -0.3 is 4.90 Å². The van der Waals surface area contributed by atoms with Gasteiger partial charge in [-0.2, -0.15) is 13.2 Å². The largest absolute Gasteiger partial charge is 0.416 e. The maximum absolute atomic E-state index is 14.7. The minimum absolute atomic E-state index is 0.245. The fourth-order valence-corrected chi connectivity index (χ4v) is 5.81. The Labute approximate surface area is 230 Å². The van der Waals surface area contributed by atoms with Crippen LogP contribution in [0.15, 0.2) is 58.1 Å². The van der Waals surface area contributed by atoms with E-state index in [0.29, 0.717) is 42.8 Å². The summed E-state index contributed by atoms with van der Waals surface area (Å²) in [5.41, 5.74) is 0.464. The maximum Gasteiger partial charge on any atom is 0.416 e. The lowest BCUT2D eigenvalue weighted by Crippen LogP contribution is -2.46. The van der Waals surface area contributed by atoms with Crippen LogP contribution in [-0.4, -0.2) is 51.7 Å². The van der Waals surface area contributed by atoms with Crippen molar-refractivity contribution < 1.29 is 17.6 Å². The predicted molar refractivity (Wildman–Crippen MR) is 146 cm³/mol. The quantitative estimate of drug-likeness (QED) is 0.295. The zero-order valence-corrected chi connectivity index (χ0v) is 22.4. The highest BCUT2D eigenvalue weighted by molar-refractivity contribution is 5.66. The molecular formula is C30H34F4N4O2. The van der Waals surface area contributed by atoms with Crippen LogP contribution in [0.2, 0.25) is 0 Å². The molecule has 0 atom stereocenters. The summed E-state index contributed by atoms with van der Waals surface area (Å²) in [5.74, 6) is -0.467. The lowest BCUT2D eigenvalue weighted by atomic mass is 9.98. The van der Waals surface area contributed by atoms with Crippen LogP contribution in [0.5, 0.6) is 0 Å². The van der Waals surface area contributed by atoms with Gasteiger partial charge in [0.2, 0.25) is 0 Å². The van der Waals surface area contributed by atoms with Crippen LogP contribution in [0.4, 0.5) is 17.6 Å². The average Bonchev–Trinajstić information content (AvgIpc) is 2.94. The van der Waals surface area contributed by atoms with Crippen molar-refractivity contribution in [1.29, 1.82) is 0 Å². The molecule has 0 aliphatic carbocycles. The van der Waals surface area contributed by atoms with Gasteiger partial charge in [-0.25, -0.2) is 9.18 Å². The Morgan fingerprint density at radius 2 is 1.52 bits per heavy atom. The molecule has 0 amide bonds. The summed E-state index contributed by atoms with van der Waals surface area (Å²) in [6, 6.07) is 11.7. The van der Waals surface area contributed by atoms with E-state index in [1.54, 1.807) is 28.8 Å². The van der Waals surface area contributed by atoms with Gasteiger partial charge in [-0.15, -0.1) is 0 Å². The van der Waals surface area contributed by atoms with Crippen molar-refractivity contribution in [2.75, 3.05) is 32.7 Å². The summed E-state index contributed by atoms with van der Waals surface area (Å²) in [7, 11) is 0. The van der Waals surface area contributed by atoms with Gasteiger partial charge in [-0.3, -0.25) is 18.8 Å². The first kappa shape index (κ1) is 28.3. The first-order valence-corrected chi connectivity index (χ1v) is 13.9. The van der Waals surface area contributed by atoms with Gasteiger partial charge in [0, 0.05) is 57.1 Å². The van der Waals surface area contributed by atoms with Gasteiger partial charge >= 0.3 is 11.9 Å².